The number of aryl methyl sites for hydroxylation is 2. The molecule has 0 aliphatic carbocycles. The summed E-state index contributed by atoms with van der Waals surface area (Å²) in [6, 6.07) is 41.0. The zero-order valence-electron chi connectivity index (χ0n) is 22.2. The maximum absolute atomic E-state index is 13.7. The molecular formula is C35H29O3P. The molecule has 0 aliphatic rings. The van der Waals surface area contributed by atoms with Crippen molar-refractivity contribution in [3.63, 3.8) is 0 Å². The second kappa shape index (κ2) is 10.1. The summed E-state index contributed by atoms with van der Waals surface area (Å²) < 4.78 is 25.8. The summed E-state index contributed by atoms with van der Waals surface area (Å²) in [6.45, 7) is 5.55. The van der Waals surface area contributed by atoms with E-state index in [0.29, 0.717) is 11.5 Å². The fourth-order valence-corrected chi connectivity index (χ4v) is 6.28. The molecule has 0 atom stereocenters. The first-order valence-corrected chi connectivity index (χ1v) is 15.0. The van der Waals surface area contributed by atoms with E-state index in [9.17, 15) is 4.57 Å². The average Bonchev–Trinajstić information content (AvgIpc) is 2.91. The van der Waals surface area contributed by atoms with Gasteiger partial charge in [0.15, 0.2) is 0 Å². The molecule has 4 heteroatoms. The quantitative estimate of drug-likeness (QED) is 0.202. The SMILES string of the molecule is Cc1cc(OP(C)(=O)Oc2cc(C)cc(-c3cccc4ccccc34)c2)cc(-c2cccc3ccccc23)c1. The Balaban J connectivity index is 1.31. The van der Waals surface area contributed by atoms with Gasteiger partial charge < -0.3 is 9.05 Å². The molecule has 0 bridgehead atoms. The van der Waals surface area contributed by atoms with Crippen LogP contribution in [0.5, 0.6) is 11.5 Å². The summed E-state index contributed by atoms with van der Waals surface area (Å²) in [5.74, 6) is 1.04. The highest BCUT2D eigenvalue weighted by Gasteiger charge is 2.22. The van der Waals surface area contributed by atoms with Gasteiger partial charge in [-0.25, -0.2) is 4.57 Å². The lowest BCUT2D eigenvalue weighted by Crippen LogP contribution is -2.00. The van der Waals surface area contributed by atoms with Gasteiger partial charge in [0.05, 0.1) is 6.66 Å². The molecule has 0 unspecified atom stereocenters. The van der Waals surface area contributed by atoms with E-state index in [0.717, 1.165) is 44.2 Å². The van der Waals surface area contributed by atoms with E-state index >= 15 is 0 Å². The molecule has 0 aromatic heterocycles. The number of benzene rings is 6. The third-order valence-electron chi connectivity index (χ3n) is 6.85. The lowest BCUT2D eigenvalue weighted by molar-refractivity contribution is 0.393. The van der Waals surface area contributed by atoms with E-state index in [4.69, 9.17) is 9.05 Å². The van der Waals surface area contributed by atoms with Crippen molar-refractivity contribution in [1.29, 1.82) is 0 Å². The molecule has 0 saturated heterocycles. The summed E-state index contributed by atoms with van der Waals surface area (Å²) in [5.41, 5.74) is 6.26. The predicted octanol–water partition coefficient (Wildman–Crippen LogP) is 10.2. The van der Waals surface area contributed by atoms with Gasteiger partial charge in [0.1, 0.15) is 11.5 Å². The van der Waals surface area contributed by atoms with Crippen LogP contribution in [0.3, 0.4) is 0 Å². The Hall–Kier alpha value is -4.33. The van der Waals surface area contributed by atoms with Crippen molar-refractivity contribution < 1.29 is 13.6 Å². The minimum Gasteiger partial charge on any atom is -0.416 e. The predicted molar refractivity (Wildman–Crippen MR) is 163 cm³/mol. The molecule has 6 aromatic rings. The van der Waals surface area contributed by atoms with Crippen molar-refractivity contribution in [2.45, 2.75) is 13.8 Å². The van der Waals surface area contributed by atoms with Crippen LogP contribution in [0.1, 0.15) is 11.1 Å². The second-order valence-corrected chi connectivity index (χ2v) is 12.0. The van der Waals surface area contributed by atoms with E-state index in [2.05, 4.69) is 72.8 Å². The molecule has 39 heavy (non-hydrogen) atoms. The Labute approximate surface area is 229 Å². The van der Waals surface area contributed by atoms with Gasteiger partial charge in [0.2, 0.25) is 0 Å². The molecule has 0 fully saturated rings. The van der Waals surface area contributed by atoms with Crippen LogP contribution in [0.15, 0.2) is 121 Å². The first-order valence-electron chi connectivity index (χ1n) is 13.0. The van der Waals surface area contributed by atoms with Crippen LogP contribution < -0.4 is 9.05 Å². The van der Waals surface area contributed by atoms with Crippen molar-refractivity contribution in [2.24, 2.45) is 0 Å². The van der Waals surface area contributed by atoms with Gasteiger partial charge in [-0.3, -0.25) is 0 Å². The summed E-state index contributed by atoms with van der Waals surface area (Å²) in [5, 5.41) is 4.66. The van der Waals surface area contributed by atoms with Crippen molar-refractivity contribution >= 4 is 29.1 Å². The van der Waals surface area contributed by atoms with E-state index < -0.39 is 7.60 Å². The number of fused-ring (bicyclic) bond motifs is 2. The largest absolute Gasteiger partial charge is 0.427 e. The molecule has 6 aromatic carbocycles. The molecule has 0 saturated carbocycles. The summed E-state index contributed by atoms with van der Waals surface area (Å²) in [7, 11) is -3.50. The molecule has 0 radical (unpaired) electrons. The first kappa shape index (κ1) is 25.0. The number of rotatable bonds is 6. The van der Waals surface area contributed by atoms with Crippen molar-refractivity contribution in [1.82, 2.24) is 0 Å². The van der Waals surface area contributed by atoms with Crippen LogP contribution >= 0.6 is 7.60 Å². The van der Waals surface area contributed by atoms with Gasteiger partial charge in [-0.15, -0.1) is 0 Å². The molecule has 0 heterocycles. The molecule has 0 N–H and O–H groups in total. The van der Waals surface area contributed by atoms with Crippen LogP contribution in [0.25, 0.3) is 43.8 Å². The molecule has 6 rings (SSSR count). The highest BCUT2D eigenvalue weighted by Crippen LogP contribution is 2.47. The van der Waals surface area contributed by atoms with Gasteiger partial charge >= 0.3 is 7.60 Å². The van der Waals surface area contributed by atoms with Crippen LogP contribution in [0.2, 0.25) is 0 Å². The van der Waals surface area contributed by atoms with E-state index in [1.807, 2.05) is 62.4 Å². The van der Waals surface area contributed by atoms with Crippen LogP contribution in [-0.4, -0.2) is 6.66 Å². The minimum atomic E-state index is -3.50. The van der Waals surface area contributed by atoms with Gasteiger partial charge in [0, 0.05) is 0 Å². The van der Waals surface area contributed by atoms with Crippen molar-refractivity contribution in [3.05, 3.63) is 132 Å². The van der Waals surface area contributed by atoms with Crippen LogP contribution in [0.4, 0.5) is 0 Å². The highest BCUT2D eigenvalue weighted by atomic mass is 31.2. The summed E-state index contributed by atoms with van der Waals surface area (Å²) in [6.07, 6.45) is 0. The van der Waals surface area contributed by atoms with Gasteiger partial charge in [-0.2, -0.15) is 0 Å². The van der Waals surface area contributed by atoms with Crippen LogP contribution in [0, 0.1) is 13.8 Å². The Morgan fingerprint density at radius 3 is 1.38 bits per heavy atom. The maximum Gasteiger partial charge on any atom is 0.427 e. The molecule has 0 amide bonds. The van der Waals surface area contributed by atoms with Gasteiger partial charge in [-0.05, 0) is 93.0 Å². The Morgan fingerprint density at radius 1 is 0.513 bits per heavy atom. The number of hydrogen-bond donors (Lipinski definition) is 0. The topological polar surface area (TPSA) is 35.5 Å². The monoisotopic (exact) mass is 528 g/mol. The zero-order valence-corrected chi connectivity index (χ0v) is 23.1. The van der Waals surface area contributed by atoms with Crippen molar-refractivity contribution in [2.75, 3.05) is 6.66 Å². The van der Waals surface area contributed by atoms with E-state index in [-0.39, 0.29) is 0 Å². The van der Waals surface area contributed by atoms with E-state index in [1.165, 1.54) is 17.4 Å². The lowest BCUT2D eigenvalue weighted by atomic mass is 9.97. The van der Waals surface area contributed by atoms with Gasteiger partial charge in [0.25, 0.3) is 0 Å². The highest BCUT2D eigenvalue weighted by molar-refractivity contribution is 7.53. The molecule has 192 valence electrons. The van der Waals surface area contributed by atoms with Crippen molar-refractivity contribution in [3.8, 4) is 33.8 Å². The molecular weight excluding hydrogens is 499 g/mol. The Kier molecular flexibility index (Phi) is 6.46. The normalized spacial score (nSPS) is 11.6. The third kappa shape index (κ3) is 5.32. The maximum atomic E-state index is 13.7. The Morgan fingerprint density at radius 2 is 0.923 bits per heavy atom. The van der Waals surface area contributed by atoms with Gasteiger partial charge in [-0.1, -0.05) is 97.1 Å². The smallest absolute Gasteiger partial charge is 0.416 e. The lowest BCUT2D eigenvalue weighted by Gasteiger charge is -2.19. The van der Waals surface area contributed by atoms with E-state index in [1.54, 1.807) is 0 Å². The standard InChI is InChI=1S/C35H29O3P/c1-24-18-28(34-16-8-12-26-10-4-6-14-32(26)34)22-30(20-24)37-39(3,36)38-31-21-25(2)19-29(23-31)35-17-9-13-27-11-5-7-15-33(27)35/h4-23H,1-3H3. The molecule has 0 spiro atoms. The summed E-state index contributed by atoms with van der Waals surface area (Å²) in [4.78, 5) is 0. The minimum absolute atomic E-state index is 0.519. The molecule has 0 aliphatic heterocycles. The third-order valence-corrected chi connectivity index (χ3v) is 7.93. The molecule has 3 nitrogen and oxygen atoms in total. The summed E-state index contributed by atoms with van der Waals surface area (Å²) >= 11 is 0. The first-order chi connectivity index (χ1) is 18.8. The second-order valence-electron chi connectivity index (χ2n) is 10.1. The Bertz CT molecular complexity index is 1740. The fourth-order valence-electron chi connectivity index (χ4n) is 5.27. The average molecular weight is 529 g/mol. The zero-order chi connectivity index (χ0) is 27.0. The van der Waals surface area contributed by atoms with Crippen LogP contribution in [-0.2, 0) is 4.57 Å². The number of hydrogen-bond acceptors (Lipinski definition) is 3. The fraction of sp³-hybridized carbons (Fsp3) is 0.0857.